The number of amides is 2. The summed E-state index contributed by atoms with van der Waals surface area (Å²) in [5, 5.41) is 2.52. The minimum Gasteiger partial charge on any atom is -0.399 e. The summed E-state index contributed by atoms with van der Waals surface area (Å²) in [5.41, 5.74) is 7.17. The monoisotopic (exact) mass is 275 g/mol. The number of hydrogen-bond acceptors (Lipinski definition) is 3. The highest BCUT2D eigenvalue weighted by Gasteiger charge is 2.12. The van der Waals surface area contributed by atoms with Crippen LogP contribution in [0, 0.1) is 0 Å². The number of rotatable bonds is 6. The molecule has 0 unspecified atom stereocenters. The smallest absolute Gasteiger partial charge is 0.247 e. The predicted octanol–water partition coefficient (Wildman–Crippen LogP) is 1.27. The molecule has 0 saturated carbocycles. The van der Waals surface area contributed by atoms with Crippen molar-refractivity contribution in [1.29, 1.82) is 0 Å². The first-order chi connectivity index (χ1) is 9.56. The minimum absolute atomic E-state index is 0.0786. The van der Waals surface area contributed by atoms with E-state index < -0.39 is 0 Å². The van der Waals surface area contributed by atoms with Gasteiger partial charge < -0.3 is 16.0 Å². The summed E-state index contributed by atoms with van der Waals surface area (Å²) in [5.74, 6) is -0.347. The molecule has 1 aromatic carbocycles. The van der Waals surface area contributed by atoms with Crippen molar-refractivity contribution >= 4 is 23.6 Å². The van der Waals surface area contributed by atoms with E-state index in [2.05, 4.69) is 5.32 Å². The highest BCUT2D eigenvalue weighted by Crippen LogP contribution is 2.07. The standard InChI is InChI=1S/C15H21N3O2/c1-3-10-18(11-14(19)17-2)15(20)9-6-12-4-7-13(16)8-5-12/h4-9H,3,10-11,16H2,1-2H3,(H,17,19)/b9-6+. The van der Waals surface area contributed by atoms with Crippen LogP contribution in [-0.4, -0.2) is 36.9 Å². The molecule has 0 fully saturated rings. The molecule has 108 valence electrons. The van der Waals surface area contributed by atoms with Gasteiger partial charge in [-0.15, -0.1) is 0 Å². The van der Waals surface area contributed by atoms with E-state index in [-0.39, 0.29) is 18.4 Å². The van der Waals surface area contributed by atoms with Crippen LogP contribution >= 0.6 is 0 Å². The highest BCUT2D eigenvalue weighted by molar-refractivity contribution is 5.94. The summed E-state index contributed by atoms with van der Waals surface area (Å²) >= 11 is 0. The summed E-state index contributed by atoms with van der Waals surface area (Å²) in [7, 11) is 1.56. The number of hydrogen-bond donors (Lipinski definition) is 2. The maximum Gasteiger partial charge on any atom is 0.247 e. The van der Waals surface area contributed by atoms with Crippen molar-refractivity contribution in [3.8, 4) is 0 Å². The van der Waals surface area contributed by atoms with E-state index >= 15 is 0 Å². The number of nitrogens with one attached hydrogen (secondary N) is 1. The van der Waals surface area contributed by atoms with Crippen LogP contribution in [0.5, 0.6) is 0 Å². The second-order valence-electron chi connectivity index (χ2n) is 4.43. The van der Waals surface area contributed by atoms with E-state index in [1.54, 1.807) is 25.3 Å². The van der Waals surface area contributed by atoms with Gasteiger partial charge >= 0.3 is 0 Å². The highest BCUT2D eigenvalue weighted by atomic mass is 16.2. The maximum atomic E-state index is 12.1. The Kier molecular flexibility index (Phi) is 6.29. The van der Waals surface area contributed by atoms with Gasteiger partial charge in [-0.25, -0.2) is 0 Å². The molecule has 0 spiro atoms. The Morgan fingerprint density at radius 1 is 1.30 bits per heavy atom. The van der Waals surface area contributed by atoms with Crippen LogP contribution in [0.2, 0.25) is 0 Å². The molecule has 0 radical (unpaired) electrons. The summed E-state index contributed by atoms with van der Waals surface area (Å²) in [6.45, 7) is 2.60. The lowest BCUT2D eigenvalue weighted by molar-refractivity contribution is -0.132. The molecule has 5 heteroatoms. The van der Waals surface area contributed by atoms with Crippen LogP contribution in [0.4, 0.5) is 5.69 Å². The fourth-order valence-electron chi connectivity index (χ4n) is 1.67. The van der Waals surface area contributed by atoms with Crippen LogP contribution in [0.1, 0.15) is 18.9 Å². The van der Waals surface area contributed by atoms with Crippen molar-refractivity contribution in [1.82, 2.24) is 10.2 Å². The molecule has 0 aliphatic carbocycles. The van der Waals surface area contributed by atoms with Gasteiger partial charge in [0.1, 0.15) is 0 Å². The average Bonchev–Trinajstić information content (AvgIpc) is 2.45. The quantitative estimate of drug-likeness (QED) is 0.606. The van der Waals surface area contributed by atoms with Crippen molar-refractivity contribution in [2.75, 3.05) is 25.9 Å². The number of carbonyl (C=O) groups is 2. The second-order valence-corrected chi connectivity index (χ2v) is 4.43. The van der Waals surface area contributed by atoms with E-state index in [1.165, 1.54) is 11.0 Å². The van der Waals surface area contributed by atoms with E-state index in [0.717, 1.165) is 12.0 Å². The molecule has 3 N–H and O–H groups in total. The SMILES string of the molecule is CCCN(CC(=O)NC)C(=O)/C=C/c1ccc(N)cc1. The Morgan fingerprint density at radius 3 is 2.50 bits per heavy atom. The van der Waals surface area contributed by atoms with Gasteiger partial charge in [0.25, 0.3) is 0 Å². The van der Waals surface area contributed by atoms with E-state index in [1.807, 2.05) is 19.1 Å². The van der Waals surface area contributed by atoms with Gasteiger partial charge in [-0.05, 0) is 30.2 Å². The lowest BCUT2D eigenvalue weighted by atomic mass is 10.2. The van der Waals surface area contributed by atoms with Gasteiger partial charge in [0.2, 0.25) is 11.8 Å². The van der Waals surface area contributed by atoms with Crippen LogP contribution in [-0.2, 0) is 9.59 Å². The molecule has 0 bridgehead atoms. The van der Waals surface area contributed by atoms with Crippen LogP contribution in [0.25, 0.3) is 6.08 Å². The van der Waals surface area contributed by atoms with Gasteiger partial charge in [0.15, 0.2) is 0 Å². The van der Waals surface area contributed by atoms with Gasteiger partial charge in [0.05, 0.1) is 6.54 Å². The van der Waals surface area contributed by atoms with Crippen LogP contribution in [0.15, 0.2) is 30.3 Å². The van der Waals surface area contributed by atoms with Gasteiger partial charge in [-0.3, -0.25) is 9.59 Å². The largest absolute Gasteiger partial charge is 0.399 e. The lowest BCUT2D eigenvalue weighted by Crippen LogP contribution is -2.39. The van der Waals surface area contributed by atoms with Crippen molar-refractivity contribution in [3.63, 3.8) is 0 Å². The second kappa shape index (κ2) is 7.99. The Hall–Kier alpha value is -2.30. The molecule has 0 aliphatic rings. The molecule has 2 amide bonds. The normalized spacial score (nSPS) is 10.5. The molecule has 0 aromatic heterocycles. The fraction of sp³-hybridized carbons (Fsp3) is 0.333. The zero-order valence-electron chi connectivity index (χ0n) is 11.9. The van der Waals surface area contributed by atoms with Crippen LogP contribution < -0.4 is 11.1 Å². The number of nitrogens with two attached hydrogens (primary N) is 1. The molecular formula is C15H21N3O2. The van der Waals surface area contributed by atoms with Gasteiger partial charge in [-0.1, -0.05) is 19.1 Å². The zero-order valence-corrected chi connectivity index (χ0v) is 11.9. The molecule has 0 aliphatic heterocycles. The molecule has 1 rings (SSSR count). The Balaban J connectivity index is 2.69. The molecule has 0 atom stereocenters. The van der Waals surface area contributed by atoms with E-state index in [9.17, 15) is 9.59 Å². The molecule has 20 heavy (non-hydrogen) atoms. The van der Waals surface area contributed by atoms with Gasteiger partial charge in [0, 0.05) is 25.4 Å². The topological polar surface area (TPSA) is 75.4 Å². The van der Waals surface area contributed by atoms with Crippen molar-refractivity contribution in [3.05, 3.63) is 35.9 Å². The summed E-state index contributed by atoms with van der Waals surface area (Å²) < 4.78 is 0. The average molecular weight is 275 g/mol. The first-order valence-corrected chi connectivity index (χ1v) is 6.60. The first kappa shape index (κ1) is 15.8. The third-order valence-corrected chi connectivity index (χ3v) is 2.77. The molecular weight excluding hydrogens is 254 g/mol. The number of carbonyl (C=O) groups excluding carboxylic acids is 2. The Bertz CT molecular complexity index is 480. The van der Waals surface area contributed by atoms with Gasteiger partial charge in [-0.2, -0.15) is 0 Å². The third kappa shape index (κ3) is 5.14. The van der Waals surface area contributed by atoms with E-state index in [0.29, 0.717) is 12.2 Å². The van der Waals surface area contributed by atoms with Crippen molar-refractivity contribution < 1.29 is 9.59 Å². The van der Waals surface area contributed by atoms with E-state index in [4.69, 9.17) is 5.73 Å². The number of likely N-dealkylation sites (N-methyl/N-ethyl adjacent to an activating group) is 1. The number of nitrogens with zero attached hydrogens (tertiary/aromatic N) is 1. The minimum atomic E-state index is -0.174. The Morgan fingerprint density at radius 2 is 1.95 bits per heavy atom. The predicted molar refractivity (Wildman–Crippen MR) is 80.8 cm³/mol. The molecule has 1 aromatic rings. The first-order valence-electron chi connectivity index (χ1n) is 6.60. The van der Waals surface area contributed by atoms with Crippen molar-refractivity contribution in [2.45, 2.75) is 13.3 Å². The number of benzene rings is 1. The summed E-state index contributed by atoms with van der Waals surface area (Å²) in [6, 6.07) is 7.22. The summed E-state index contributed by atoms with van der Waals surface area (Å²) in [4.78, 5) is 24.9. The third-order valence-electron chi connectivity index (χ3n) is 2.77. The molecule has 5 nitrogen and oxygen atoms in total. The van der Waals surface area contributed by atoms with Crippen LogP contribution in [0.3, 0.4) is 0 Å². The lowest BCUT2D eigenvalue weighted by Gasteiger charge is -2.19. The maximum absolute atomic E-state index is 12.1. The number of nitrogen functional groups attached to an aromatic ring is 1. The molecule has 0 saturated heterocycles. The zero-order chi connectivity index (χ0) is 15.0. The Labute approximate surface area is 119 Å². The fourth-order valence-corrected chi connectivity index (χ4v) is 1.67. The number of anilines is 1. The molecule has 0 heterocycles. The summed E-state index contributed by atoms with van der Waals surface area (Å²) in [6.07, 6.45) is 4.00. The van der Waals surface area contributed by atoms with Crippen molar-refractivity contribution in [2.24, 2.45) is 0 Å².